The van der Waals surface area contributed by atoms with Gasteiger partial charge >= 0.3 is 17.9 Å². The zero-order valence-electron chi connectivity index (χ0n) is 14.5. The summed E-state index contributed by atoms with van der Waals surface area (Å²) in [7, 11) is 1.29. The molecule has 1 aromatic heterocycles. The van der Waals surface area contributed by atoms with Crippen molar-refractivity contribution in [3.63, 3.8) is 0 Å². The summed E-state index contributed by atoms with van der Waals surface area (Å²) in [5.41, 5.74) is -0.450. The van der Waals surface area contributed by atoms with E-state index < -0.39 is 23.4 Å². The molecule has 2 heterocycles. The molecule has 0 aromatic carbocycles. The van der Waals surface area contributed by atoms with Gasteiger partial charge in [0.2, 0.25) is 0 Å². The van der Waals surface area contributed by atoms with Gasteiger partial charge < -0.3 is 25.4 Å². The monoisotopic (exact) mass is 364 g/mol. The summed E-state index contributed by atoms with van der Waals surface area (Å²) in [5.74, 6) is -2.94. The molecule has 2 rings (SSSR count). The molecule has 0 aliphatic carbocycles. The minimum absolute atomic E-state index is 0.206. The number of aromatic nitrogens is 1. The number of ether oxygens (including phenoxy) is 1. The fourth-order valence-corrected chi connectivity index (χ4v) is 2.05. The Balaban J connectivity index is 0.000000263. The van der Waals surface area contributed by atoms with Crippen LogP contribution >= 0.6 is 0 Å². The third-order valence-electron chi connectivity index (χ3n) is 3.68. The zero-order chi connectivity index (χ0) is 19.9. The Labute approximate surface area is 149 Å². The van der Waals surface area contributed by atoms with Crippen LogP contribution in [-0.4, -0.2) is 57.5 Å². The summed E-state index contributed by atoms with van der Waals surface area (Å²) >= 11 is 0. The highest BCUT2D eigenvalue weighted by Gasteiger charge is 2.36. The van der Waals surface area contributed by atoms with Crippen molar-refractivity contribution in [1.82, 2.24) is 10.3 Å². The van der Waals surface area contributed by atoms with Crippen LogP contribution in [0.25, 0.3) is 0 Å². The maximum absolute atomic E-state index is 11.2. The van der Waals surface area contributed by atoms with Gasteiger partial charge in [0.25, 0.3) is 0 Å². The van der Waals surface area contributed by atoms with Crippen LogP contribution in [0.3, 0.4) is 0 Å². The van der Waals surface area contributed by atoms with Crippen molar-refractivity contribution < 1.29 is 34.4 Å². The van der Waals surface area contributed by atoms with Crippen molar-refractivity contribution in [3.05, 3.63) is 53.0 Å². The van der Waals surface area contributed by atoms with Crippen molar-refractivity contribution in [2.24, 2.45) is 0 Å². The van der Waals surface area contributed by atoms with Gasteiger partial charge in [-0.1, -0.05) is 6.08 Å². The lowest BCUT2D eigenvalue weighted by Gasteiger charge is -2.27. The van der Waals surface area contributed by atoms with Crippen LogP contribution < -0.4 is 5.32 Å². The van der Waals surface area contributed by atoms with Gasteiger partial charge in [-0.3, -0.25) is 0 Å². The molecule has 0 spiro atoms. The minimum Gasteiger partial charge on any atom is -0.477 e. The van der Waals surface area contributed by atoms with Gasteiger partial charge in [-0.2, -0.15) is 0 Å². The van der Waals surface area contributed by atoms with Crippen molar-refractivity contribution in [2.75, 3.05) is 13.7 Å². The summed E-state index contributed by atoms with van der Waals surface area (Å²) in [6.45, 7) is 2.92. The number of nitrogens with one attached hydrogen (secondary N) is 1. The highest BCUT2D eigenvalue weighted by molar-refractivity contribution is 5.91. The van der Waals surface area contributed by atoms with E-state index >= 15 is 0 Å². The van der Waals surface area contributed by atoms with E-state index in [1.54, 1.807) is 38.3 Å². The number of nitrogens with zero attached hydrogens (tertiary/aromatic N) is 1. The predicted molar refractivity (Wildman–Crippen MR) is 90.9 cm³/mol. The van der Waals surface area contributed by atoms with Crippen LogP contribution in [0.5, 0.6) is 0 Å². The number of carbonyl (C=O) groups excluding carboxylic acids is 1. The molecule has 0 bridgehead atoms. The van der Waals surface area contributed by atoms with E-state index in [1.807, 2.05) is 0 Å². The van der Waals surface area contributed by atoms with E-state index in [1.165, 1.54) is 13.2 Å². The largest absolute Gasteiger partial charge is 0.477 e. The van der Waals surface area contributed by atoms with Gasteiger partial charge in [0.1, 0.15) is 5.69 Å². The number of hydrogen-bond acceptors (Lipinski definition) is 7. The van der Waals surface area contributed by atoms with Crippen molar-refractivity contribution in [3.8, 4) is 0 Å². The number of rotatable bonds is 4. The number of aromatic carboxylic acids is 2. The fourth-order valence-electron chi connectivity index (χ4n) is 2.05. The smallest absolute Gasteiger partial charge is 0.354 e. The Morgan fingerprint density at radius 1 is 1.19 bits per heavy atom. The maximum atomic E-state index is 11.2. The molecular formula is C17H20N2O7. The van der Waals surface area contributed by atoms with Crippen molar-refractivity contribution in [1.29, 1.82) is 0 Å². The molecule has 0 fully saturated rings. The van der Waals surface area contributed by atoms with E-state index in [0.29, 0.717) is 11.1 Å². The topological polar surface area (TPSA) is 146 Å². The Morgan fingerprint density at radius 3 is 2.27 bits per heavy atom. The van der Waals surface area contributed by atoms with Gasteiger partial charge in [-0.25, -0.2) is 19.4 Å². The quantitative estimate of drug-likeness (QED) is 0.566. The number of aryl methyl sites for hydroxylation is 1. The second-order valence-electron chi connectivity index (χ2n) is 5.39. The molecule has 0 amide bonds. The highest BCUT2D eigenvalue weighted by atomic mass is 16.5. The molecule has 0 saturated heterocycles. The number of hydrogen-bond donors (Lipinski definition) is 4. The lowest BCUT2D eigenvalue weighted by atomic mass is 9.99. The van der Waals surface area contributed by atoms with Gasteiger partial charge in [0.05, 0.1) is 13.7 Å². The number of dihydropyridines is 1. The molecule has 0 radical (unpaired) electrons. The number of pyridine rings is 1. The van der Waals surface area contributed by atoms with Crippen molar-refractivity contribution >= 4 is 17.9 Å². The van der Waals surface area contributed by atoms with Gasteiger partial charge in [-0.15, -0.1) is 0 Å². The van der Waals surface area contributed by atoms with Crippen LogP contribution in [0.4, 0.5) is 0 Å². The molecule has 0 saturated carbocycles. The van der Waals surface area contributed by atoms with E-state index in [0.717, 1.165) is 0 Å². The molecule has 9 nitrogen and oxygen atoms in total. The molecule has 1 unspecified atom stereocenters. The Morgan fingerprint density at radius 2 is 1.85 bits per heavy atom. The first-order valence-electron chi connectivity index (χ1n) is 7.44. The first kappa shape index (κ1) is 20.8. The molecule has 1 aromatic rings. The van der Waals surface area contributed by atoms with Crippen LogP contribution in [-0.2, 0) is 9.53 Å². The van der Waals surface area contributed by atoms with Gasteiger partial charge in [-0.05, 0) is 49.4 Å². The molecule has 1 aliphatic rings. The SMILES string of the molecule is COC(=O)C1(CO)C=CC=CN1.Cc1cc(C(=O)O)nc(C(=O)O)c1C. The molecular weight excluding hydrogens is 344 g/mol. The molecule has 26 heavy (non-hydrogen) atoms. The van der Waals surface area contributed by atoms with Crippen LogP contribution in [0.15, 0.2) is 30.5 Å². The number of aliphatic hydroxyl groups is 1. The van der Waals surface area contributed by atoms with Crippen molar-refractivity contribution in [2.45, 2.75) is 19.4 Å². The Bertz CT molecular complexity index is 771. The second-order valence-corrected chi connectivity index (χ2v) is 5.39. The summed E-state index contributed by atoms with van der Waals surface area (Å²) in [6, 6.07) is 1.35. The van der Waals surface area contributed by atoms with Crippen LogP contribution in [0.2, 0.25) is 0 Å². The van der Waals surface area contributed by atoms with Gasteiger partial charge in [0.15, 0.2) is 11.2 Å². The Hall–Kier alpha value is -3.20. The highest BCUT2D eigenvalue weighted by Crippen LogP contribution is 2.13. The normalized spacial score (nSPS) is 17.5. The number of carboxylic acid groups (broad SMARTS) is 2. The number of aliphatic hydroxyl groups excluding tert-OH is 1. The number of carboxylic acids is 2. The summed E-state index contributed by atoms with van der Waals surface area (Å²) in [4.78, 5) is 36.0. The number of allylic oxidation sites excluding steroid dienone is 2. The summed E-state index contributed by atoms with van der Waals surface area (Å²) in [5, 5.41) is 29.1. The summed E-state index contributed by atoms with van der Waals surface area (Å²) < 4.78 is 4.54. The fraction of sp³-hybridized carbons (Fsp3) is 0.294. The molecule has 1 aliphatic heterocycles. The van der Waals surface area contributed by atoms with E-state index in [2.05, 4.69) is 15.0 Å². The number of esters is 1. The third kappa shape index (κ3) is 4.67. The predicted octanol–water partition coefficient (Wildman–Crippen LogP) is 0.658. The van der Waals surface area contributed by atoms with Crippen LogP contribution in [0.1, 0.15) is 32.1 Å². The van der Waals surface area contributed by atoms with E-state index in [9.17, 15) is 14.4 Å². The average molecular weight is 364 g/mol. The maximum Gasteiger partial charge on any atom is 0.354 e. The standard InChI is InChI=1S/C9H9NO4.C8H11NO3/c1-4-3-6(8(11)12)10-7(5(4)2)9(13)14;1-12-7(11)8(6-10)4-2-3-5-9-8/h3H,1-2H3,(H,11,12)(H,13,14);2-5,9-10H,6H2,1H3. The zero-order valence-corrected chi connectivity index (χ0v) is 14.5. The molecule has 140 valence electrons. The number of carbonyl (C=O) groups is 3. The van der Waals surface area contributed by atoms with Crippen LogP contribution in [0, 0.1) is 13.8 Å². The molecule has 9 heteroatoms. The third-order valence-corrected chi connectivity index (χ3v) is 3.68. The lowest BCUT2D eigenvalue weighted by Crippen LogP contribution is -2.52. The average Bonchev–Trinajstić information content (AvgIpc) is 2.63. The second kappa shape index (κ2) is 8.77. The summed E-state index contributed by atoms with van der Waals surface area (Å²) in [6.07, 6.45) is 6.58. The van der Waals surface area contributed by atoms with Gasteiger partial charge in [0, 0.05) is 0 Å². The molecule has 4 N–H and O–H groups in total. The first-order valence-corrected chi connectivity index (χ1v) is 7.44. The first-order chi connectivity index (χ1) is 12.2. The number of methoxy groups -OCH3 is 1. The lowest BCUT2D eigenvalue weighted by molar-refractivity contribution is -0.147. The van der Waals surface area contributed by atoms with E-state index in [-0.39, 0.29) is 18.0 Å². The van der Waals surface area contributed by atoms with E-state index in [4.69, 9.17) is 15.3 Å². The Kier molecular flexibility index (Phi) is 7.03. The minimum atomic E-state index is -1.23. The molecule has 1 atom stereocenters.